The van der Waals surface area contributed by atoms with Crippen LogP contribution >= 0.6 is 0 Å². The molecule has 1 aliphatic rings. The van der Waals surface area contributed by atoms with Gasteiger partial charge in [0.15, 0.2) is 0 Å². The number of nitrogens with one attached hydrogen (secondary N) is 2. The number of benzene rings is 2. The normalized spacial score (nSPS) is 15.0. The topological polar surface area (TPSA) is 66.1 Å². The van der Waals surface area contributed by atoms with Gasteiger partial charge in [-0.25, -0.2) is 4.79 Å². The van der Waals surface area contributed by atoms with Crippen LogP contribution in [-0.4, -0.2) is 65.0 Å². The van der Waals surface area contributed by atoms with Crippen LogP contribution in [0.4, 0.5) is 10.5 Å². The summed E-state index contributed by atoms with van der Waals surface area (Å²) in [6.45, 7) is 4.34. The molecule has 1 unspecified atom stereocenters. The lowest BCUT2D eigenvalue weighted by Crippen LogP contribution is -2.40. The van der Waals surface area contributed by atoms with Gasteiger partial charge in [-0.2, -0.15) is 0 Å². The number of carbonyl (C=O) groups excluding carboxylic acids is 1. The first-order valence-corrected chi connectivity index (χ1v) is 10.3. The van der Waals surface area contributed by atoms with Crippen LogP contribution in [0, 0.1) is 0 Å². The van der Waals surface area contributed by atoms with Crippen molar-refractivity contribution in [1.29, 1.82) is 0 Å². The van der Waals surface area contributed by atoms with Gasteiger partial charge in [0.05, 0.1) is 26.4 Å². The molecule has 2 amide bonds. The van der Waals surface area contributed by atoms with Crippen LogP contribution in [0.2, 0.25) is 0 Å². The van der Waals surface area contributed by atoms with Gasteiger partial charge < -0.3 is 29.9 Å². The molecule has 0 aromatic heterocycles. The fourth-order valence-electron chi connectivity index (χ4n) is 3.59. The molecule has 30 heavy (non-hydrogen) atoms. The number of urea groups is 1. The Bertz CT molecular complexity index is 804. The number of ether oxygens (including phenoxy) is 2. The van der Waals surface area contributed by atoms with Crippen LogP contribution in [0.5, 0.6) is 5.75 Å². The summed E-state index contributed by atoms with van der Waals surface area (Å²) >= 11 is 0. The Morgan fingerprint density at radius 2 is 1.80 bits per heavy atom. The summed E-state index contributed by atoms with van der Waals surface area (Å²) in [5.74, 6) is 0.818. The minimum absolute atomic E-state index is 0.0136. The molecular weight excluding hydrogens is 380 g/mol. The second-order valence-electron chi connectivity index (χ2n) is 7.55. The number of rotatable bonds is 8. The van der Waals surface area contributed by atoms with Gasteiger partial charge in [0.2, 0.25) is 0 Å². The summed E-state index contributed by atoms with van der Waals surface area (Å²) in [6, 6.07) is 16.0. The number of carbonyl (C=O) groups is 1. The summed E-state index contributed by atoms with van der Waals surface area (Å²) in [5.41, 5.74) is 3.30. The van der Waals surface area contributed by atoms with E-state index in [9.17, 15) is 4.79 Å². The minimum Gasteiger partial charge on any atom is -0.496 e. The van der Waals surface area contributed by atoms with Crippen molar-refractivity contribution >= 4 is 11.7 Å². The van der Waals surface area contributed by atoms with E-state index < -0.39 is 0 Å². The molecule has 1 aliphatic heterocycles. The van der Waals surface area contributed by atoms with Crippen LogP contribution in [-0.2, 0) is 11.3 Å². The van der Waals surface area contributed by atoms with E-state index >= 15 is 0 Å². The highest BCUT2D eigenvalue weighted by Crippen LogP contribution is 2.27. The summed E-state index contributed by atoms with van der Waals surface area (Å²) in [4.78, 5) is 16.7. The van der Waals surface area contributed by atoms with Crippen molar-refractivity contribution in [2.24, 2.45) is 0 Å². The van der Waals surface area contributed by atoms with Crippen molar-refractivity contribution < 1.29 is 14.3 Å². The molecule has 0 saturated carbocycles. The van der Waals surface area contributed by atoms with Crippen molar-refractivity contribution in [2.45, 2.75) is 12.6 Å². The Hall–Kier alpha value is -2.77. The average molecular weight is 413 g/mol. The number of amides is 2. The molecule has 2 aromatic carbocycles. The van der Waals surface area contributed by atoms with E-state index in [2.05, 4.69) is 44.7 Å². The van der Waals surface area contributed by atoms with Crippen LogP contribution in [0.15, 0.2) is 48.5 Å². The zero-order valence-electron chi connectivity index (χ0n) is 18.1. The van der Waals surface area contributed by atoms with E-state index in [1.54, 1.807) is 7.11 Å². The summed E-state index contributed by atoms with van der Waals surface area (Å²) in [5, 5.41) is 5.92. The Morgan fingerprint density at radius 1 is 1.10 bits per heavy atom. The largest absolute Gasteiger partial charge is 0.496 e. The van der Waals surface area contributed by atoms with E-state index in [0.29, 0.717) is 13.1 Å². The minimum atomic E-state index is -0.186. The highest BCUT2D eigenvalue weighted by atomic mass is 16.5. The number of morpholine rings is 1. The first kappa shape index (κ1) is 21.9. The number of para-hydroxylation sites is 1. The SMILES string of the molecule is COc1ccccc1C(CNC(=O)NCc1ccc(N2CCOCC2)cc1)N(C)C. The maximum atomic E-state index is 12.3. The van der Waals surface area contributed by atoms with E-state index in [1.807, 2.05) is 38.4 Å². The number of methoxy groups -OCH3 is 1. The maximum Gasteiger partial charge on any atom is 0.315 e. The predicted molar refractivity (Wildman–Crippen MR) is 119 cm³/mol. The van der Waals surface area contributed by atoms with E-state index in [1.165, 1.54) is 5.69 Å². The van der Waals surface area contributed by atoms with E-state index in [-0.39, 0.29) is 12.1 Å². The number of hydrogen-bond donors (Lipinski definition) is 2. The summed E-state index contributed by atoms with van der Waals surface area (Å²) in [6.07, 6.45) is 0. The smallest absolute Gasteiger partial charge is 0.315 e. The molecule has 162 valence electrons. The van der Waals surface area contributed by atoms with Crippen molar-refractivity contribution in [3.8, 4) is 5.75 Å². The Balaban J connectivity index is 1.50. The second kappa shape index (κ2) is 10.8. The van der Waals surface area contributed by atoms with Crippen molar-refractivity contribution in [3.05, 3.63) is 59.7 Å². The molecule has 0 aliphatic carbocycles. The van der Waals surface area contributed by atoms with Crippen LogP contribution < -0.4 is 20.3 Å². The zero-order valence-corrected chi connectivity index (χ0v) is 18.1. The van der Waals surface area contributed by atoms with Gasteiger partial charge >= 0.3 is 6.03 Å². The van der Waals surface area contributed by atoms with Crippen molar-refractivity contribution in [1.82, 2.24) is 15.5 Å². The van der Waals surface area contributed by atoms with Crippen molar-refractivity contribution in [3.63, 3.8) is 0 Å². The summed E-state index contributed by atoms with van der Waals surface area (Å²) < 4.78 is 10.9. The molecule has 1 atom stereocenters. The third-order valence-electron chi connectivity index (χ3n) is 5.34. The molecule has 3 rings (SSSR count). The molecule has 1 heterocycles. The zero-order chi connectivity index (χ0) is 21.3. The third-order valence-corrected chi connectivity index (χ3v) is 5.34. The lowest BCUT2D eigenvalue weighted by molar-refractivity contribution is 0.122. The van der Waals surface area contributed by atoms with Gasteiger partial charge in [-0.3, -0.25) is 0 Å². The van der Waals surface area contributed by atoms with Gasteiger partial charge in [-0.05, 0) is 37.9 Å². The fourth-order valence-corrected chi connectivity index (χ4v) is 3.59. The van der Waals surface area contributed by atoms with Crippen LogP contribution in [0.25, 0.3) is 0 Å². The lowest BCUT2D eigenvalue weighted by Gasteiger charge is -2.29. The molecular formula is C23H32N4O3. The quantitative estimate of drug-likeness (QED) is 0.698. The van der Waals surface area contributed by atoms with E-state index in [4.69, 9.17) is 9.47 Å². The maximum absolute atomic E-state index is 12.3. The van der Waals surface area contributed by atoms with Gasteiger partial charge in [-0.15, -0.1) is 0 Å². The van der Waals surface area contributed by atoms with Gasteiger partial charge in [0.1, 0.15) is 5.75 Å². The Morgan fingerprint density at radius 3 is 2.47 bits per heavy atom. The molecule has 2 N–H and O–H groups in total. The first-order chi connectivity index (χ1) is 14.6. The molecule has 7 heteroatoms. The molecule has 0 radical (unpaired) electrons. The summed E-state index contributed by atoms with van der Waals surface area (Å²) in [7, 11) is 5.65. The number of hydrogen-bond acceptors (Lipinski definition) is 5. The van der Waals surface area contributed by atoms with Crippen LogP contribution in [0.1, 0.15) is 17.2 Å². The number of nitrogens with zero attached hydrogens (tertiary/aromatic N) is 2. The first-order valence-electron chi connectivity index (χ1n) is 10.3. The molecule has 1 saturated heterocycles. The monoisotopic (exact) mass is 412 g/mol. The van der Waals surface area contributed by atoms with E-state index in [0.717, 1.165) is 43.2 Å². The predicted octanol–water partition coefficient (Wildman–Crippen LogP) is 2.63. The molecule has 7 nitrogen and oxygen atoms in total. The van der Waals surface area contributed by atoms with Crippen molar-refractivity contribution in [2.75, 3.05) is 59.0 Å². The highest BCUT2D eigenvalue weighted by molar-refractivity contribution is 5.74. The van der Waals surface area contributed by atoms with Gasteiger partial charge in [0, 0.05) is 37.4 Å². The van der Waals surface area contributed by atoms with Gasteiger partial charge in [0.25, 0.3) is 0 Å². The van der Waals surface area contributed by atoms with Gasteiger partial charge in [-0.1, -0.05) is 30.3 Å². The number of likely N-dealkylation sites (N-methyl/N-ethyl adjacent to an activating group) is 1. The molecule has 0 spiro atoms. The molecule has 2 aromatic rings. The fraction of sp³-hybridized carbons (Fsp3) is 0.435. The highest BCUT2D eigenvalue weighted by Gasteiger charge is 2.19. The second-order valence-corrected chi connectivity index (χ2v) is 7.55. The average Bonchev–Trinajstić information content (AvgIpc) is 2.79. The lowest BCUT2D eigenvalue weighted by atomic mass is 10.0. The Labute approximate surface area is 179 Å². The standard InChI is InChI=1S/C23H32N4O3/c1-26(2)21(20-6-4-5-7-22(20)29-3)17-25-23(28)24-16-18-8-10-19(11-9-18)27-12-14-30-15-13-27/h4-11,21H,12-17H2,1-3H3,(H2,24,25,28). The Kier molecular flexibility index (Phi) is 7.93. The number of anilines is 1. The molecule has 0 bridgehead atoms. The molecule has 1 fully saturated rings. The third kappa shape index (κ3) is 5.87. The van der Waals surface area contributed by atoms with Crippen LogP contribution in [0.3, 0.4) is 0 Å².